The minimum absolute atomic E-state index is 0.0118. The second-order valence-corrected chi connectivity index (χ2v) is 8.75. The van der Waals surface area contributed by atoms with Gasteiger partial charge in [-0.1, -0.05) is 0 Å². The summed E-state index contributed by atoms with van der Waals surface area (Å²) in [7, 11) is 5.37. The van der Waals surface area contributed by atoms with Crippen LogP contribution < -0.4 is 14.4 Å². The molecule has 0 aliphatic carbocycles. The highest BCUT2D eigenvalue weighted by Crippen LogP contribution is 2.35. The Kier molecular flexibility index (Phi) is 7.35. The first kappa shape index (κ1) is 23.3. The number of hydrogen-bond acceptors (Lipinski definition) is 7. The molecule has 0 saturated carbocycles. The van der Waals surface area contributed by atoms with E-state index in [0.29, 0.717) is 29.4 Å². The Morgan fingerprint density at radius 2 is 1.85 bits per heavy atom. The first-order valence-corrected chi connectivity index (χ1v) is 11.6. The van der Waals surface area contributed by atoms with E-state index in [2.05, 4.69) is 16.8 Å². The second kappa shape index (κ2) is 10.4. The van der Waals surface area contributed by atoms with E-state index in [1.54, 1.807) is 14.2 Å². The lowest BCUT2D eigenvalue weighted by Gasteiger charge is -2.37. The lowest BCUT2D eigenvalue weighted by molar-refractivity contribution is 0.0503. The van der Waals surface area contributed by atoms with E-state index in [0.717, 1.165) is 56.7 Å². The van der Waals surface area contributed by atoms with Crippen molar-refractivity contribution in [3.8, 4) is 22.8 Å². The van der Waals surface area contributed by atoms with Crippen molar-refractivity contribution in [1.82, 2.24) is 14.8 Å². The van der Waals surface area contributed by atoms with Crippen molar-refractivity contribution < 1.29 is 19.4 Å². The average molecular weight is 455 g/mol. The molecule has 2 fully saturated rings. The number of nitrogens with zero attached hydrogens (tertiary/aromatic N) is 4. The third-order valence-corrected chi connectivity index (χ3v) is 6.69. The number of pyridine rings is 1. The van der Waals surface area contributed by atoms with Gasteiger partial charge in [-0.3, -0.25) is 4.79 Å². The Balaban J connectivity index is 1.77. The summed E-state index contributed by atoms with van der Waals surface area (Å²) < 4.78 is 11.0. The molecule has 2 aliphatic rings. The number of anilines is 1. The lowest BCUT2D eigenvalue weighted by atomic mass is 10.0. The Morgan fingerprint density at radius 1 is 1.06 bits per heavy atom. The van der Waals surface area contributed by atoms with Crippen LogP contribution in [0.3, 0.4) is 0 Å². The average Bonchev–Trinajstić information content (AvgIpc) is 2.88. The molecule has 1 aromatic heterocycles. The largest absolute Gasteiger partial charge is 0.497 e. The van der Waals surface area contributed by atoms with E-state index < -0.39 is 0 Å². The highest BCUT2D eigenvalue weighted by atomic mass is 16.5. The number of ether oxygens (including phenoxy) is 2. The van der Waals surface area contributed by atoms with Crippen LogP contribution in [-0.4, -0.2) is 92.4 Å². The van der Waals surface area contributed by atoms with Gasteiger partial charge in [0.05, 0.1) is 38.1 Å². The SMILES string of the molecule is COc1ccc(OC)c(-c2ccc(C(=O)N3CCCC[C@H]3CO)c(N3CCN(C)CC3)n2)c1. The van der Waals surface area contributed by atoms with Crippen LogP contribution in [0.25, 0.3) is 11.3 Å². The minimum Gasteiger partial charge on any atom is -0.497 e. The van der Waals surface area contributed by atoms with Crippen LogP contribution in [0.1, 0.15) is 29.6 Å². The molecule has 4 rings (SSSR count). The topological polar surface area (TPSA) is 78.4 Å². The van der Waals surface area contributed by atoms with Gasteiger partial charge in [-0.05, 0) is 56.6 Å². The molecule has 2 saturated heterocycles. The Hall–Kier alpha value is -2.84. The normalized spacial score (nSPS) is 19.5. The summed E-state index contributed by atoms with van der Waals surface area (Å²) in [5, 5.41) is 9.85. The van der Waals surface area contributed by atoms with E-state index in [-0.39, 0.29) is 18.6 Å². The zero-order valence-corrected chi connectivity index (χ0v) is 19.8. The monoisotopic (exact) mass is 454 g/mol. The molecular formula is C25H34N4O4. The van der Waals surface area contributed by atoms with Gasteiger partial charge in [-0.25, -0.2) is 4.98 Å². The lowest BCUT2D eigenvalue weighted by Crippen LogP contribution is -2.48. The number of amides is 1. The van der Waals surface area contributed by atoms with Crippen LogP contribution in [0.5, 0.6) is 11.5 Å². The molecule has 8 heteroatoms. The molecule has 1 atom stereocenters. The molecule has 0 spiro atoms. The Bertz CT molecular complexity index is 975. The highest BCUT2D eigenvalue weighted by molar-refractivity contribution is 5.99. The Labute approximate surface area is 195 Å². The number of piperidine rings is 1. The van der Waals surface area contributed by atoms with Crippen molar-refractivity contribution in [2.45, 2.75) is 25.3 Å². The van der Waals surface area contributed by atoms with Crippen molar-refractivity contribution >= 4 is 11.7 Å². The van der Waals surface area contributed by atoms with E-state index in [1.807, 2.05) is 35.2 Å². The molecule has 0 radical (unpaired) electrons. The smallest absolute Gasteiger partial charge is 0.257 e. The summed E-state index contributed by atoms with van der Waals surface area (Å²) in [6.07, 6.45) is 2.82. The molecule has 33 heavy (non-hydrogen) atoms. The molecule has 0 unspecified atom stereocenters. The van der Waals surface area contributed by atoms with Gasteiger partial charge in [0.15, 0.2) is 0 Å². The van der Waals surface area contributed by atoms with E-state index in [1.165, 1.54) is 0 Å². The number of piperazine rings is 1. The van der Waals surface area contributed by atoms with Crippen LogP contribution in [0.2, 0.25) is 0 Å². The number of methoxy groups -OCH3 is 2. The third-order valence-electron chi connectivity index (χ3n) is 6.69. The maximum Gasteiger partial charge on any atom is 0.257 e. The van der Waals surface area contributed by atoms with Gasteiger partial charge in [-0.2, -0.15) is 0 Å². The van der Waals surface area contributed by atoms with Crippen LogP contribution in [0.4, 0.5) is 5.82 Å². The molecule has 1 amide bonds. The quantitative estimate of drug-likeness (QED) is 0.719. The van der Waals surface area contributed by atoms with Gasteiger partial charge in [-0.15, -0.1) is 0 Å². The zero-order valence-electron chi connectivity index (χ0n) is 19.8. The van der Waals surface area contributed by atoms with Gasteiger partial charge < -0.3 is 29.3 Å². The fourth-order valence-electron chi connectivity index (χ4n) is 4.65. The maximum atomic E-state index is 13.7. The van der Waals surface area contributed by atoms with Gasteiger partial charge in [0.1, 0.15) is 17.3 Å². The number of carbonyl (C=O) groups excluding carboxylic acids is 1. The molecular weight excluding hydrogens is 420 g/mol. The first-order chi connectivity index (χ1) is 16.0. The van der Waals surface area contributed by atoms with E-state index >= 15 is 0 Å². The number of likely N-dealkylation sites (N-methyl/N-ethyl adjacent to an activating group) is 1. The van der Waals surface area contributed by atoms with Crippen LogP contribution in [0.15, 0.2) is 30.3 Å². The number of likely N-dealkylation sites (tertiary alicyclic amines) is 1. The van der Waals surface area contributed by atoms with Crippen molar-refractivity contribution in [3.63, 3.8) is 0 Å². The van der Waals surface area contributed by atoms with Crippen molar-refractivity contribution in [2.24, 2.45) is 0 Å². The summed E-state index contributed by atoms with van der Waals surface area (Å²) in [5.41, 5.74) is 2.14. The zero-order chi connectivity index (χ0) is 23.4. The minimum atomic E-state index is -0.134. The summed E-state index contributed by atoms with van der Waals surface area (Å²) in [4.78, 5) is 25.0. The van der Waals surface area contributed by atoms with Crippen LogP contribution in [0, 0.1) is 0 Å². The summed E-state index contributed by atoms with van der Waals surface area (Å²) in [6, 6.07) is 9.24. The third kappa shape index (κ3) is 4.91. The number of aromatic nitrogens is 1. The highest BCUT2D eigenvalue weighted by Gasteiger charge is 2.31. The predicted molar refractivity (Wildman–Crippen MR) is 128 cm³/mol. The summed E-state index contributed by atoms with van der Waals surface area (Å²) >= 11 is 0. The second-order valence-electron chi connectivity index (χ2n) is 8.75. The number of rotatable bonds is 6. The van der Waals surface area contributed by atoms with E-state index in [4.69, 9.17) is 14.5 Å². The molecule has 1 aromatic carbocycles. The molecule has 0 bridgehead atoms. The van der Waals surface area contributed by atoms with Crippen molar-refractivity contribution in [1.29, 1.82) is 0 Å². The van der Waals surface area contributed by atoms with Gasteiger partial charge >= 0.3 is 0 Å². The summed E-state index contributed by atoms with van der Waals surface area (Å²) in [6.45, 7) is 4.06. The predicted octanol–water partition coefficient (Wildman–Crippen LogP) is 2.50. The van der Waals surface area contributed by atoms with Crippen molar-refractivity contribution in [2.75, 3.05) is 65.5 Å². The van der Waals surface area contributed by atoms with E-state index in [9.17, 15) is 9.90 Å². The van der Waals surface area contributed by atoms with Crippen molar-refractivity contribution in [3.05, 3.63) is 35.9 Å². The van der Waals surface area contributed by atoms with Crippen LogP contribution >= 0.6 is 0 Å². The maximum absolute atomic E-state index is 13.7. The van der Waals surface area contributed by atoms with Gasteiger partial charge in [0.2, 0.25) is 0 Å². The molecule has 8 nitrogen and oxygen atoms in total. The standard InChI is InChI=1S/C25H34N4O4/c1-27-12-14-28(15-13-27)24-20(25(31)29-11-5-4-6-18(29)17-30)8-9-22(26-24)21-16-19(32-2)7-10-23(21)33-3/h7-10,16,18,30H,4-6,11-15,17H2,1-3H3/t18-/m0/s1. The molecule has 2 aromatic rings. The van der Waals surface area contributed by atoms with Gasteiger partial charge in [0.25, 0.3) is 5.91 Å². The number of benzene rings is 1. The van der Waals surface area contributed by atoms with Gasteiger partial charge in [0, 0.05) is 38.3 Å². The molecule has 1 N–H and O–H groups in total. The molecule has 178 valence electrons. The number of hydrogen-bond donors (Lipinski definition) is 1. The number of aliphatic hydroxyl groups is 1. The Morgan fingerprint density at radius 3 is 2.55 bits per heavy atom. The number of carbonyl (C=O) groups is 1. The van der Waals surface area contributed by atoms with Crippen LogP contribution in [-0.2, 0) is 0 Å². The fraction of sp³-hybridized carbons (Fsp3) is 0.520. The fourth-order valence-corrected chi connectivity index (χ4v) is 4.65. The molecule has 3 heterocycles. The first-order valence-electron chi connectivity index (χ1n) is 11.6. The molecule has 2 aliphatic heterocycles. The number of aliphatic hydroxyl groups excluding tert-OH is 1. The summed E-state index contributed by atoms with van der Waals surface area (Å²) in [5.74, 6) is 2.05.